The molecule has 0 radical (unpaired) electrons. The molecule has 1 fully saturated rings. The minimum absolute atomic E-state index is 0.638. The van der Waals surface area contributed by atoms with Crippen molar-refractivity contribution in [3.05, 3.63) is 107 Å². The van der Waals surface area contributed by atoms with E-state index < -0.39 is 8.07 Å². The molecule has 0 N–H and O–H groups in total. The van der Waals surface area contributed by atoms with Crippen LogP contribution in [0.25, 0.3) is 16.7 Å². The zero-order valence-corrected chi connectivity index (χ0v) is 21.1. The predicted molar refractivity (Wildman–Crippen MR) is 148 cm³/mol. The number of benzene rings is 3. The number of fused-ring (bicyclic) bond motifs is 3. The van der Waals surface area contributed by atoms with Gasteiger partial charge in [0.2, 0.25) is 0 Å². The molecule has 2 heterocycles. The van der Waals surface area contributed by atoms with Crippen LogP contribution in [0, 0.1) is 20.8 Å². The Morgan fingerprint density at radius 3 is 2.41 bits per heavy atom. The molecule has 34 heavy (non-hydrogen) atoms. The second-order valence-corrected chi connectivity index (χ2v) is 11.5. The molecule has 3 aromatic carbocycles. The van der Waals surface area contributed by atoms with Crippen LogP contribution in [0.3, 0.4) is 0 Å². The minimum Gasteiger partial charge on any atom is -0.301 e. The first-order valence-corrected chi connectivity index (χ1v) is 13.6. The summed E-state index contributed by atoms with van der Waals surface area (Å²) in [6.07, 6.45) is 13.3. The third-order valence-electron chi connectivity index (χ3n) is 7.36. The summed E-state index contributed by atoms with van der Waals surface area (Å²) in [7, 11) is -0.638. The Balaban J connectivity index is 1.59. The topological polar surface area (TPSA) is 6.48 Å². The van der Waals surface area contributed by atoms with Gasteiger partial charge < -0.3 is 5.01 Å². The van der Waals surface area contributed by atoms with Gasteiger partial charge in [-0.1, -0.05) is 78.9 Å². The highest BCUT2D eigenvalue weighted by Crippen LogP contribution is 2.54. The summed E-state index contributed by atoms with van der Waals surface area (Å²) in [5, 5.41) is 5.65. The fourth-order valence-corrected chi connectivity index (χ4v) is 8.83. The van der Waals surface area contributed by atoms with E-state index in [0.717, 1.165) is 19.5 Å². The normalized spacial score (nSPS) is 19.2. The third-order valence-corrected chi connectivity index (χ3v) is 10.2. The average Bonchev–Trinajstić information content (AvgIpc) is 3.31. The predicted octanol–water partition coefficient (Wildman–Crippen LogP) is 6.97. The molecule has 0 aromatic heterocycles. The Morgan fingerprint density at radius 1 is 0.706 bits per heavy atom. The van der Waals surface area contributed by atoms with Crippen molar-refractivity contribution in [3.8, 4) is 11.1 Å². The lowest BCUT2D eigenvalue weighted by Crippen LogP contribution is -2.31. The fourth-order valence-electron chi connectivity index (χ4n) is 5.70. The van der Waals surface area contributed by atoms with Crippen LogP contribution in [0.1, 0.15) is 35.1 Å². The second kappa shape index (κ2) is 8.69. The number of aryl methyl sites for hydroxylation is 2. The van der Waals surface area contributed by atoms with Crippen molar-refractivity contribution in [2.45, 2.75) is 33.6 Å². The van der Waals surface area contributed by atoms with Gasteiger partial charge in [0, 0.05) is 23.7 Å². The number of rotatable bonds is 3. The number of anilines is 1. The molecule has 170 valence electrons. The first-order chi connectivity index (χ1) is 16.6. The molecule has 3 aliphatic rings. The Morgan fingerprint density at radius 2 is 1.53 bits per heavy atom. The van der Waals surface area contributed by atoms with E-state index in [4.69, 9.17) is 0 Å². The molecular formula is C31H31N2P. The van der Waals surface area contributed by atoms with Gasteiger partial charge in [-0.3, -0.25) is 0 Å². The molecule has 2 nitrogen and oxygen atoms in total. The van der Waals surface area contributed by atoms with Gasteiger partial charge >= 0.3 is 0 Å². The van der Waals surface area contributed by atoms with Crippen LogP contribution >= 0.6 is 8.07 Å². The average molecular weight is 463 g/mol. The minimum atomic E-state index is -0.638. The van der Waals surface area contributed by atoms with Crippen molar-refractivity contribution in [1.82, 2.24) is 4.78 Å². The van der Waals surface area contributed by atoms with E-state index in [-0.39, 0.29) is 0 Å². The van der Waals surface area contributed by atoms with Crippen molar-refractivity contribution in [3.63, 3.8) is 0 Å². The quantitative estimate of drug-likeness (QED) is 0.388. The number of hydrogen-bond donors (Lipinski definition) is 0. The van der Waals surface area contributed by atoms with Crippen LogP contribution in [0.4, 0.5) is 5.69 Å². The number of hydrazine groups is 1. The summed E-state index contributed by atoms with van der Waals surface area (Å²) >= 11 is 0. The number of nitrogens with zero attached hydrogens (tertiary/aromatic N) is 2. The lowest BCUT2D eigenvalue weighted by Gasteiger charge is -2.30. The van der Waals surface area contributed by atoms with Crippen LogP contribution < -0.4 is 15.6 Å². The first-order valence-electron chi connectivity index (χ1n) is 12.3. The lowest BCUT2D eigenvalue weighted by molar-refractivity contribution is 0.540. The van der Waals surface area contributed by atoms with Crippen LogP contribution in [0.15, 0.2) is 85.0 Å². The van der Waals surface area contributed by atoms with E-state index in [1.54, 1.807) is 5.30 Å². The summed E-state index contributed by atoms with van der Waals surface area (Å²) in [6.45, 7) is 9.14. The molecule has 1 aliphatic carbocycles. The van der Waals surface area contributed by atoms with Crippen molar-refractivity contribution in [1.29, 1.82) is 0 Å². The highest BCUT2D eigenvalue weighted by molar-refractivity contribution is 7.72. The standard InChI is InChI=1S/C31H31N2P/c1-22-12-8-9-16-26(22)27-18-19-29-31(24(27)3)34(33-21-11-20-32(29)33)30-23(2)13-10-17-28(30)25-14-6-4-5-7-15-25/h4-10,12-14,16-19H,11,15,20-21H2,1-3H3. The van der Waals surface area contributed by atoms with Gasteiger partial charge in [0.1, 0.15) is 0 Å². The van der Waals surface area contributed by atoms with Gasteiger partial charge in [-0.2, -0.15) is 4.78 Å². The summed E-state index contributed by atoms with van der Waals surface area (Å²) in [5.41, 5.74) is 11.2. The highest BCUT2D eigenvalue weighted by Gasteiger charge is 2.43. The molecule has 1 unspecified atom stereocenters. The molecule has 6 rings (SSSR count). The van der Waals surface area contributed by atoms with E-state index in [1.807, 2.05) is 0 Å². The molecule has 0 saturated carbocycles. The molecule has 0 spiro atoms. The van der Waals surface area contributed by atoms with Crippen LogP contribution in [-0.4, -0.2) is 17.9 Å². The van der Waals surface area contributed by atoms with Gasteiger partial charge in [0.15, 0.2) is 0 Å². The number of allylic oxidation sites excluding steroid dienone is 6. The largest absolute Gasteiger partial charge is 0.301 e. The summed E-state index contributed by atoms with van der Waals surface area (Å²) in [5.74, 6) is 0. The molecule has 1 saturated heterocycles. The van der Waals surface area contributed by atoms with E-state index in [2.05, 4.69) is 116 Å². The maximum Gasteiger partial charge on any atom is 0.0622 e. The monoisotopic (exact) mass is 462 g/mol. The van der Waals surface area contributed by atoms with E-state index in [0.29, 0.717) is 0 Å². The maximum absolute atomic E-state index is 2.70. The Hall–Kier alpha value is -2.93. The zero-order chi connectivity index (χ0) is 23.2. The van der Waals surface area contributed by atoms with E-state index in [1.165, 1.54) is 56.4 Å². The summed E-state index contributed by atoms with van der Waals surface area (Å²) < 4.78 is 2.70. The summed E-state index contributed by atoms with van der Waals surface area (Å²) in [6, 6.07) is 20.4. The molecule has 3 aromatic rings. The smallest absolute Gasteiger partial charge is 0.0622 e. The molecule has 3 heteroatoms. The van der Waals surface area contributed by atoms with E-state index in [9.17, 15) is 0 Å². The Kier molecular flexibility index (Phi) is 5.52. The molecule has 0 bridgehead atoms. The van der Waals surface area contributed by atoms with Crippen LogP contribution in [-0.2, 0) is 0 Å². The second-order valence-electron chi connectivity index (χ2n) is 9.49. The molecule has 2 aliphatic heterocycles. The number of hydrogen-bond acceptors (Lipinski definition) is 2. The van der Waals surface area contributed by atoms with Gasteiger partial charge in [0.25, 0.3) is 0 Å². The highest BCUT2D eigenvalue weighted by atomic mass is 31.1. The van der Waals surface area contributed by atoms with Crippen LogP contribution in [0.2, 0.25) is 0 Å². The lowest BCUT2D eigenvalue weighted by atomic mass is 9.96. The van der Waals surface area contributed by atoms with Gasteiger partial charge in [-0.15, -0.1) is 0 Å². The van der Waals surface area contributed by atoms with Gasteiger partial charge in [0.05, 0.1) is 13.8 Å². The summed E-state index contributed by atoms with van der Waals surface area (Å²) in [4.78, 5) is 0. The fraction of sp³-hybridized carbons (Fsp3) is 0.226. The first kappa shape index (κ1) is 21.6. The third kappa shape index (κ3) is 3.40. The Bertz CT molecular complexity index is 1360. The van der Waals surface area contributed by atoms with E-state index >= 15 is 0 Å². The van der Waals surface area contributed by atoms with Gasteiger partial charge in [-0.25, -0.2) is 0 Å². The van der Waals surface area contributed by atoms with Crippen molar-refractivity contribution in [2.24, 2.45) is 0 Å². The molecule has 0 amide bonds. The van der Waals surface area contributed by atoms with Gasteiger partial charge in [-0.05, 0) is 78.6 Å². The van der Waals surface area contributed by atoms with Crippen molar-refractivity contribution in [2.75, 3.05) is 18.1 Å². The molecule has 1 atom stereocenters. The van der Waals surface area contributed by atoms with Crippen molar-refractivity contribution < 1.29 is 0 Å². The van der Waals surface area contributed by atoms with Crippen molar-refractivity contribution >= 4 is 29.9 Å². The maximum atomic E-state index is 2.70. The molecular weight excluding hydrogens is 431 g/mol. The Labute approximate surface area is 204 Å². The SMILES string of the molecule is Cc1ccccc1-c1ccc2c(c1C)P(c1c(C)cccc1C1=CC=CC=CC1)N1CCCN21. The zero-order valence-electron chi connectivity index (χ0n) is 20.3. The van der Waals surface area contributed by atoms with Crippen LogP contribution in [0.5, 0.6) is 0 Å².